The van der Waals surface area contributed by atoms with Crippen molar-refractivity contribution in [3.8, 4) is 5.75 Å². The topological polar surface area (TPSA) is 39.2 Å². The molecule has 2 aromatic rings. The fourth-order valence-electron chi connectivity index (χ4n) is 1.49. The fraction of sp³-hybridized carbons (Fsp3) is 0.200. The van der Waals surface area contributed by atoms with Gasteiger partial charge < -0.3 is 4.74 Å². The molecular weight excluding hydrogens is 278 g/mol. The van der Waals surface area contributed by atoms with Crippen molar-refractivity contribution in [2.24, 2.45) is 0 Å². The van der Waals surface area contributed by atoms with Gasteiger partial charge in [-0.25, -0.2) is 4.98 Å². The summed E-state index contributed by atoms with van der Waals surface area (Å²) in [6.45, 7) is 1.86. The Morgan fingerprint density at radius 2 is 2.33 bits per heavy atom. The van der Waals surface area contributed by atoms with Crippen LogP contribution in [0.25, 0.3) is 10.2 Å². The molecule has 0 aliphatic rings. The third-order valence-corrected chi connectivity index (χ3v) is 3.71. The maximum absolute atomic E-state index is 11.0. The molecule has 0 unspecified atom stereocenters. The summed E-state index contributed by atoms with van der Waals surface area (Å²) < 4.78 is 6.93. The number of carbonyl (C=O) groups is 1. The summed E-state index contributed by atoms with van der Waals surface area (Å²) in [6, 6.07) is 1.90. The summed E-state index contributed by atoms with van der Waals surface area (Å²) in [5.74, 6) is 0.723. The Morgan fingerprint density at radius 1 is 1.60 bits per heavy atom. The van der Waals surface area contributed by atoms with Crippen LogP contribution in [0.15, 0.2) is 9.98 Å². The lowest BCUT2D eigenvalue weighted by Gasteiger charge is -2.06. The number of hydrogen-bond acceptors (Lipinski definition) is 4. The molecule has 3 nitrogen and oxygen atoms in total. The van der Waals surface area contributed by atoms with Crippen molar-refractivity contribution in [3.63, 3.8) is 0 Å². The van der Waals surface area contributed by atoms with Gasteiger partial charge >= 0.3 is 0 Å². The molecule has 0 saturated carbocycles. The van der Waals surface area contributed by atoms with Crippen molar-refractivity contribution in [2.45, 2.75) is 6.92 Å². The standard InChI is InChI=1S/C10H8BrNO2S/c1-5-6(4-13)9-8(3-7(5)14-2)15-10(11)12-9/h3-4H,1-2H3. The van der Waals surface area contributed by atoms with Gasteiger partial charge in [0.1, 0.15) is 5.75 Å². The highest BCUT2D eigenvalue weighted by Crippen LogP contribution is 2.34. The summed E-state index contributed by atoms with van der Waals surface area (Å²) >= 11 is 4.80. The second kappa shape index (κ2) is 3.90. The third-order valence-electron chi connectivity index (χ3n) is 2.26. The molecule has 0 radical (unpaired) electrons. The lowest BCUT2D eigenvalue weighted by atomic mass is 10.1. The molecule has 0 spiro atoms. The summed E-state index contributed by atoms with van der Waals surface area (Å²) in [4.78, 5) is 15.3. The van der Waals surface area contributed by atoms with Crippen molar-refractivity contribution in [1.82, 2.24) is 4.98 Å². The average molecular weight is 286 g/mol. The van der Waals surface area contributed by atoms with E-state index in [-0.39, 0.29) is 0 Å². The van der Waals surface area contributed by atoms with Gasteiger partial charge in [-0.1, -0.05) is 0 Å². The first-order valence-corrected chi connectivity index (χ1v) is 5.87. The second-order valence-corrected chi connectivity index (χ2v) is 5.36. The number of aromatic nitrogens is 1. The number of methoxy groups -OCH3 is 1. The average Bonchev–Trinajstić information content (AvgIpc) is 2.57. The predicted molar refractivity (Wildman–Crippen MR) is 64.0 cm³/mol. The van der Waals surface area contributed by atoms with E-state index >= 15 is 0 Å². The van der Waals surface area contributed by atoms with Crippen LogP contribution in [0, 0.1) is 6.92 Å². The van der Waals surface area contributed by atoms with E-state index in [1.54, 1.807) is 7.11 Å². The molecule has 0 amide bonds. The van der Waals surface area contributed by atoms with E-state index in [9.17, 15) is 4.79 Å². The Bertz CT molecular complexity index is 536. The van der Waals surface area contributed by atoms with Crippen LogP contribution in [0.5, 0.6) is 5.75 Å². The van der Waals surface area contributed by atoms with Gasteiger partial charge in [-0.15, -0.1) is 11.3 Å². The Hall–Kier alpha value is -0.940. The summed E-state index contributed by atoms with van der Waals surface area (Å²) in [6.07, 6.45) is 0.826. The zero-order valence-corrected chi connectivity index (χ0v) is 10.6. The zero-order chi connectivity index (χ0) is 11.0. The normalized spacial score (nSPS) is 10.6. The van der Waals surface area contributed by atoms with Crippen LogP contribution in [-0.4, -0.2) is 18.4 Å². The molecule has 0 N–H and O–H groups in total. The van der Waals surface area contributed by atoms with Crippen LogP contribution in [0.1, 0.15) is 15.9 Å². The number of fused-ring (bicyclic) bond motifs is 1. The number of thiazole rings is 1. The number of nitrogens with zero attached hydrogens (tertiary/aromatic N) is 1. The van der Waals surface area contributed by atoms with E-state index in [2.05, 4.69) is 20.9 Å². The highest BCUT2D eigenvalue weighted by Gasteiger charge is 2.13. The van der Waals surface area contributed by atoms with Crippen molar-refractivity contribution in [2.75, 3.05) is 7.11 Å². The van der Waals surface area contributed by atoms with Crippen LogP contribution in [0.4, 0.5) is 0 Å². The van der Waals surface area contributed by atoms with Crippen LogP contribution < -0.4 is 4.74 Å². The van der Waals surface area contributed by atoms with Crippen molar-refractivity contribution in [3.05, 3.63) is 21.1 Å². The van der Waals surface area contributed by atoms with E-state index in [0.29, 0.717) is 5.56 Å². The first-order valence-electron chi connectivity index (χ1n) is 4.26. The first kappa shape index (κ1) is 10.6. The van der Waals surface area contributed by atoms with Crippen LogP contribution in [0.3, 0.4) is 0 Å². The summed E-state index contributed by atoms with van der Waals surface area (Å²) in [5, 5.41) is 0. The van der Waals surface area contributed by atoms with Crippen LogP contribution in [-0.2, 0) is 0 Å². The van der Waals surface area contributed by atoms with Gasteiger partial charge in [0.15, 0.2) is 10.2 Å². The van der Waals surface area contributed by atoms with Gasteiger partial charge in [0.05, 0.1) is 17.3 Å². The Kier molecular flexibility index (Phi) is 2.75. The minimum Gasteiger partial charge on any atom is -0.496 e. The van der Waals surface area contributed by atoms with Crippen LogP contribution in [0.2, 0.25) is 0 Å². The molecule has 0 fully saturated rings. The molecule has 0 bridgehead atoms. The largest absolute Gasteiger partial charge is 0.496 e. The molecule has 1 aromatic heterocycles. The molecule has 0 aliphatic carbocycles. The third kappa shape index (κ3) is 1.66. The fourth-order valence-corrected chi connectivity index (χ4v) is 2.93. The van der Waals surface area contributed by atoms with E-state index in [1.807, 2.05) is 13.0 Å². The molecule has 1 aromatic carbocycles. The number of aldehydes is 1. The van der Waals surface area contributed by atoms with Gasteiger partial charge in [0.2, 0.25) is 0 Å². The maximum Gasteiger partial charge on any atom is 0.160 e. The van der Waals surface area contributed by atoms with E-state index in [0.717, 1.165) is 31.7 Å². The highest BCUT2D eigenvalue weighted by molar-refractivity contribution is 9.11. The molecule has 0 aliphatic heterocycles. The van der Waals surface area contributed by atoms with Gasteiger partial charge in [-0.3, -0.25) is 4.79 Å². The quantitative estimate of drug-likeness (QED) is 0.796. The Morgan fingerprint density at radius 3 is 2.93 bits per heavy atom. The van der Waals surface area contributed by atoms with Crippen LogP contribution >= 0.6 is 27.3 Å². The smallest absolute Gasteiger partial charge is 0.160 e. The molecule has 0 saturated heterocycles. The lowest BCUT2D eigenvalue weighted by Crippen LogP contribution is -1.93. The van der Waals surface area contributed by atoms with E-state index in [4.69, 9.17) is 4.74 Å². The summed E-state index contributed by atoms with van der Waals surface area (Å²) in [7, 11) is 1.60. The Labute approximate surface area is 99.2 Å². The molecule has 5 heteroatoms. The first-order chi connectivity index (χ1) is 7.17. The van der Waals surface area contributed by atoms with Gasteiger partial charge in [0.25, 0.3) is 0 Å². The molecule has 2 rings (SSSR count). The molecule has 1 heterocycles. The lowest BCUT2D eigenvalue weighted by molar-refractivity contribution is 0.112. The number of rotatable bonds is 2. The second-order valence-electron chi connectivity index (χ2n) is 3.05. The SMILES string of the molecule is COc1cc2sc(Br)nc2c(C=O)c1C. The number of benzene rings is 1. The molecule has 78 valence electrons. The number of ether oxygens (including phenoxy) is 1. The molecule has 15 heavy (non-hydrogen) atoms. The highest BCUT2D eigenvalue weighted by atomic mass is 79.9. The number of carbonyl (C=O) groups excluding carboxylic acids is 1. The van der Waals surface area contributed by atoms with Gasteiger partial charge in [-0.05, 0) is 28.9 Å². The maximum atomic E-state index is 11.0. The van der Waals surface area contributed by atoms with Crippen molar-refractivity contribution in [1.29, 1.82) is 0 Å². The van der Waals surface area contributed by atoms with E-state index < -0.39 is 0 Å². The minimum atomic E-state index is 0.603. The Balaban J connectivity index is 2.88. The monoisotopic (exact) mass is 285 g/mol. The van der Waals surface area contributed by atoms with Gasteiger partial charge in [0, 0.05) is 11.1 Å². The molecular formula is C10H8BrNO2S. The van der Waals surface area contributed by atoms with Gasteiger partial charge in [-0.2, -0.15) is 0 Å². The predicted octanol–water partition coefficient (Wildman–Crippen LogP) is 3.19. The molecule has 0 atom stereocenters. The zero-order valence-electron chi connectivity index (χ0n) is 8.20. The number of halogens is 1. The van der Waals surface area contributed by atoms with E-state index in [1.165, 1.54) is 11.3 Å². The number of hydrogen-bond donors (Lipinski definition) is 0. The van der Waals surface area contributed by atoms with Crippen molar-refractivity contribution < 1.29 is 9.53 Å². The minimum absolute atomic E-state index is 0.603. The van der Waals surface area contributed by atoms with Crippen molar-refractivity contribution >= 4 is 43.8 Å². The summed E-state index contributed by atoms with van der Waals surface area (Å²) in [5.41, 5.74) is 2.17.